The highest BCUT2D eigenvalue weighted by Crippen LogP contribution is 2.00. The molecule has 1 aromatic rings. The second-order valence-corrected chi connectivity index (χ2v) is 5.34. The SMILES string of the molecule is COC[C@H](NC(=O)c1cnccn1)C(=O)N[C@H](CSC)C(=O)O. The Balaban J connectivity index is 2.74. The van der Waals surface area contributed by atoms with Crippen LogP contribution >= 0.6 is 11.8 Å². The minimum Gasteiger partial charge on any atom is -0.480 e. The number of hydrogen-bond acceptors (Lipinski definition) is 7. The third-order valence-corrected chi connectivity index (χ3v) is 3.37. The molecule has 1 heterocycles. The van der Waals surface area contributed by atoms with E-state index in [0.29, 0.717) is 0 Å². The standard InChI is InChI=1S/C13H18N4O5S/c1-22-6-9(12(19)17-10(7-23-2)13(20)21)16-11(18)8-5-14-3-4-15-8/h3-5,9-10H,6-7H2,1-2H3,(H,16,18)(H,17,19)(H,20,21)/t9-,10+/m0/s1. The maximum absolute atomic E-state index is 12.2. The molecule has 0 bridgehead atoms. The monoisotopic (exact) mass is 342 g/mol. The van der Waals surface area contributed by atoms with E-state index in [1.165, 1.54) is 37.5 Å². The van der Waals surface area contributed by atoms with Crippen molar-refractivity contribution in [2.45, 2.75) is 12.1 Å². The smallest absolute Gasteiger partial charge is 0.327 e. The predicted molar refractivity (Wildman–Crippen MR) is 83.1 cm³/mol. The lowest BCUT2D eigenvalue weighted by Gasteiger charge is -2.20. The van der Waals surface area contributed by atoms with Gasteiger partial charge in [-0.25, -0.2) is 9.78 Å². The Bertz CT molecular complexity index is 542. The van der Waals surface area contributed by atoms with Gasteiger partial charge in [-0.05, 0) is 6.26 Å². The third-order valence-electron chi connectivity index (χ3n) is 2.70. The summed E-state index contributed by atoms with van der Waals surface area (Å²) in [6, 6.07) is -2.09. The number of aromatic nitrogens is 2. The predicted octanol–water partition coefficient (Wildman–Crippen LogP) is -0.846. The van der Waals surface area contributed by atoms with E-state index in [1.807, 2.05) is 0 Å². The molecule has 1 rings (SSSR count). The van der Waals surface area contributed by atoms with E-state index < -0.39 is 29.9 Å². The van der Waals surface area contributed by atoms with Crippen molar-refractivity contribution in [3.8, 4) is 0 Å². The largest absolute Gasteiger partial charge is 0.480 e. The van der Waals surface area contributed by atoms with Crippen molar-refractivity contribution in [2.24, 2.45) is 0 Å². The Labute approximate surface area is 137 Å². The quantitative estimate of drug-likeness (QED) is 0.529. The molecule has 0 spiro atoms. The van der Waals surface area contributed by atoms with E-state index in [1.54, 1.807) is 6.26 Å². The van der Waals surface area contributed by atoms with Gasteiger partial charge < -0.3 is 20.5 Å². The van der Waals surface area contributed by atoms with Crippen LogP contribution in [-0.4, -0.2) is 70.7 Å². The summed E-state index contributed by atoms with van der Waals surface area (Å²) in [5, 5.41) is 13.9. The van der Waals surface area contributed by atoms with Gasteiger partial charge in [-0.15, -0.1) is 0 Å². The van der Waals surface area contributed by atoms with Gasteiger partial charge in [-0.2, -0.15) is 11.8 Å². The average molecular weight is 342 g/mol. The van der Waals surface area contributed by atoms with Crippen molar-refractivity contribution < 1.29 is 24.2 Å². The molecule has 0 unspecified atom stereocenters. The van der Waals surface area contributed by atoms with E-state index in [9.17, 15) is 14.4 Å². The maximum Gasteiger partial charge on any atom is 0.327 e. The highest BCUT2D eigenvalue weighted by molar-refractivity contribution is 7.98. The van der Waals surface area contributed by atoms with Gasteiger partial charge in [0.2, 0.25) is 5.91 Å². The maximum atomic E-state index is 12.2. The van der Waals surface area contributed by atoms with Crippen molar-refractivity contribution in [1.82, 2.24) is 20.6 Å². The van der Waals surface area contributed by atoms with E-state index >= 15 is 0 Å². The van der Waals surface area contributed by atoms with E-state index in [0.717, 1.165) is 0 Å². The number of carbonyl (C=O) groups excluding carboxylic acids is 2. The van der Waals surface area contributed by atoms with Crippen molar-refractivity contribution in [3.63, 3.8) is 0 Å². The van der Waals surface area contributed by atoms with Gasteiger partial charge in [0.25, 0.3) is 5.91 Å². The molecule has 0 aliphatic rings. The Hall–Kier alpha value is -2.20. The molecule has 3 N–H and O–H groups in total. The summed E-state index contributed by atoms with van der Waals surface area (Å²) in [4.78, 5) is 42.9. The Kier molecular flexibility index (Phi) is 7.98. The summed E-state index contributed by atoms with van der Waals surface area (Å²) in [6.45, 7) is -0.108. The fourth-order valence-electron chi connectivity index (χ4n) is 1.61. The number of carbonyl (C=O) groups is 3. The summed E-state index contributed by atoms with van der Waals surface area (Å²) in [5.74, 6) is -2.19. The third kappa shape index (κ3) is 6.20. The number of amides is 2. The number of rotatable bonds is 9. The molecule has 10 heteroatoms. The van der Waals surface area contributed by atoms with Crippen LogP contribution < -0.4 is 10.6 Å². The van der Waals surface area contributed by atoms with Gasteiger partial charge in [-0.1, -0.05) is 0 Å². The van der Waals surface area contributed by atoms with Gasteiger partial charge in [0.15, 0.2) is 0 Å². The molecule has 126 valence electrons. The highest BCUT2D eigenvalue weighted by Gasteiger charge is 2.26. The summed E-state index contributed by atoms with van der Waals surface area (Å²) in [5.41, 5.74) is 0.0419. The highest BCUT2D eigenvalue weighted by atomic mass is 32.2. The molecule has 0 saturated carbocycles. The molecule has 2 amide bonds. The molecular formula is C13H18N4O5S. The molecule has 0 saturated heterocycles. The fraction of sp³-hybridized carbons (Fsp3) is 0.462. The molecule has 2 atom stereocenters. The van der Waals surface area contributed by atoms with Crippen LogP contribution in [0.4, 0.5) is 0 Å². The van der Waals surface area contributed by atoms with Gasteiger partial charge in [0.05, 0.1) is 12.8 Å². The van der Waals surface area contributed by atoms with Crippen LogP contribution in [0.5, 0.6) is 0 Å². The molecular weight excluding hydrogens is 324 g/mol. The summed E-state index contributed by atoms with van der Waals surface area (Å²) in [7, 11) is 1.37. The lowest BCUT2D eigenvalue weighted by atomic mass is 10.2. The van der Waals surface area contributed by atoms with Crippen molar-refractivity contribution in [3.05, 3.63) is 24.3 Å². The topological polar surface area (TPSA) is 131 Å². The summed E-state index contributed by atoms with van der Waals surface area (Å²) < 4.78 is 4.90. The molecule has 0 fully saturated rings. The second kappa shape index (κ2) is 9.74. The number of methoxy groups -OCH3 is 1. The number of carboxylic acids is 1. The lowest BCUT2D eigenvalue weighted by Crippen LogP contribution is -2.54. The van der Waals surface area contributed by atoms with E-state index in [-0.39, 0.29) is 18.1 Å². The second-order valence-electron chi connectivity index (χ2n) is 4.43. The zero-order chi connectivity index (χ0) is 17.2. The van der Waals surface area contributed by atoms with Gasteiger partial charge in [0.1, 0.15) is 17.8 Å². The number of hydrogen-bond donors (Lipinski definition) is 3. The van der Waals surface area contributed by atoms with Gasteiger partial charge >= 0.3 is 5.97 Å². The van der Waals surface area contributed by atoms with Crippen LogP contribution in [-0.2, 0) is 14.3 Å². The van der Waals surface area contributed by atoms with Crippen LogP contribution in [0, 0.1) is 0 Å². The number of carboxylic acid groups (broad SMARTS) is 1. The number of nitrogens with zero attached hydrogens (tertiary/aromatic N) is 2. The zero-order valence-electron chi connectivity index (χ0n) is 12.7. The Morgan fingerprint density at radius 2 is 2.04 bits per heavy atom. The molecule has 0 aliphatic carbocycles. The average Bonchev–Trinajstić information content (AvgIpc) is 2.54. The number of aliphatic carboxylic acids is 1. The molecule has 0 aromatic carbocycles. The van der Waals surface area contributed by atoms with Crippen LogP contribution in [0.3, 0.4) is 0 Å². The normalized spacial score (nSPS) is 13.0. The lowest BCUT2D eigenvalue weighted by molar-refractivity contribution is -0.141. The van der Waals surface area contributed by atoms with Crippen LogP contribution in [0.2, 0.25) is 0 Å². The molecule has 23 heavy (non-hydrogen) atoms. The van der Waals surface area contributed by atoms with Crippen molar-refractivity contribution in [2.75, 3.05) is 25.7 Å². The number of thioether (sulfide) groups is 1. The summed E-state index contributed by atoms with van der Waals surface area (Å²) >= 11 is 1.28. The van der Waals surface area contributed by atoms with Gasteiger partial charge in [0, 0.05) is 25.3 Å². The molecule has 9 nitrogen and oxygen atoms in total. The number of nitrogens with one attached hydrogen (secondary N) is 2. The van der Waals surface area contributed by atoms with Crippen molar-refractivity contribution >= 4 is 29.5 Å². The Morgan fingerprint density at radius 3 is 2.57 bits per heavy atom. The minimum atomic E-state index is -1.15. The molecule has 0 radical (unpaired) electrons. The first kappa shape index (κ1) is 18.8. The van der Waals surface area contributed by atoms with Gasteiger partial charge in [-0.3, -0.25) is 14.6 Å². The molecule has 0 aliphatic heterocycles. The minimum absolute atomic E-state index is 0.0419. The fourth-order valence-corrected chi connectivity index (χ4v) is 2.17. The first-order valence-electron chi connectivity index (χ1n) is 6.57. The van der Waals surface area contributed by atoms with E-state index in [2.05, 4.69) is 20.6 Å². The van der Waals surface area contributed by atoms with E-state index in [4.69, 9.17) is 9.84 Å². The van der Waals surface area contributed by atoms with Crippen LogP contribution in [0.1, 0.15) is 10.5 Å². The zero-order valence-corrected chi connectivity index (χ0v) is 13.5. The van der Waals surface area contributed by atoms with Crippen molar-refractivity contribution in [1.29, 1.82) is 0 Å². The van der Waals surface area contributed by atoms with Crippen LogP contribution in [0.15, 0.2) is 18.6 Å². The first-order chi connectivity index (χ1) is 11.0. The Morgan fingerprint density at radius 1 is 1.30 bits per heavy atom. The number of ether oxygens (including phenoxy) is 1. The molecule has 1 aromatic heterocycles. The first-order valence-corrected chi connectivity index (χ1v) is 7.97. The summed E-state index contributed by atoms with van der Waals surface area (Å²) in [6.07, 6.45) is 5.74. The van der Waals surface area contributed by atoms with Crippen LogP contribution in [0.25, 0.3) is 0 Å².